The van der Waals surface area contributed by atoms with E-state index >= 15 is 0 Å². The first-order valence-corrected chi connectivity index (χ1v) is 6.20. The minimum absolute atomic E-state index is 0.278. The highest BCUT2D eigenvalue weighted by atomic mass is 32.1. The molecule has 0 saturated heterocycles. The molecule has 0 aliphatic heterocycles. The Morgan fingerprint density at radius 1 is 1.64 bits per heavy atom. The van der Waals surface area contributed by atoms with E-state index in [4.69, 9.17) is 14.9 Å². The first-order valence-electron chi connectivity index (χ1n) is 2.51. The summed E-state index contributed by atoms with van der Waals surface area (Å²) < 4.78 is 10.5. The zero-order chi connectivity index (χ0) is 9.07. The van der Waals surface area contributed by atoms with Gasteiger partial charge in [0.2, 0.25) is 5.03 Å². The van der Waals surface area contributed by atoms with Crippen LogP contribution in [0.3, 0.4) is 0 Å². The van der Waals surface area contributed by atoms with E-state index in [1.807, 2.05) is 0 Å². The van der Waals surface area contributed by atoms with Crippen LogP contribution in [0.1, 0.15) is 0 Å². The van der Waals surface area contributed by atoms with Gasteiger partial charge in [0.15, 0.2) is 6.35 Å². The average molecular weight is 218 g/mol. The fourth-order valence-electron chi connectivity index (χ4n) is 0.398. The van der Waals surface area contributed by atoms with Gasteiger partial charge >= 0.3 is 7.60 Å². The Morgan fingerprint density at radius 3 is 2.18 bits per heavy atom. The summed E-state index contributed by atoms with van der Waals surface area (Å²) in [6, 6.07) is 0. The zero-order valence-electron chi connectivity index (χ0n) is 5.41. The predicted molar refractivity (Wildman–Crippen MR) is 44.9 cm³/mol. The van der Waals surface area contributed by atoms with Crippen LogP contribution < -0.4 is 4.89 Å². The molecule has 11 heavy (non-hydrogen) atoms. The van der Waals surface area contributed by atoms with Gasteiger partial charge in [-0.1, -0.05) is 0 Å². The molecule has 0 amide bonds. The Kier molecular flexibility index (Phi) is 4.82. The van der Waals surface area contributed by atoms with E-state index < -0.39 is 26.8 Å². The molecule has 0 saturated carbocycles. The molecule has 0 aromatic carbocycles. The van der Waals surface area contributed by atoms with Gasteiger partial charge in [-0.15, -0.1) is 0 Å². The van der Waals surface area contributed by atoms with Crippen molar-refractivity contribution in [3.63, 3.8) is 0 Å². The lowest BCUT2D eigenvalue weighted by Crippen LogP contribution is -2.07. The van der Waals surface area contributed by atoms with Crippen LogP contribution in [0.25, 0.3) is 0 Å². The third-order valence-corrected chi connectivity index (χ3v) is 4.98. The summed E-state index contributed by atoms with van der Waals surface area (Å²) in [6.07, 6.45) is -0.754. The molecule has 3 N–H and O–H groups in total. The lowest BCUT2D eigenvalue weighted by atomic mass is 10.9. The van der Waals surface area contributed by atoms with E-state index in [1.165, 1.54) is 0 Å². The van der Waals surface area contributed by atoms with E-state index in [1.54, 1.807) is 0 Å². The fourth-order valence-corrected chi connectivity index (χ4v) is 3.28. The van der Waals surface area contributed by atoms with Crippen molar-refractivity contribution < 1.29 is 24.4 Å². The maximum atomic E-state index is 10.7. The molecule has 5 nitrogen and oxygen atoms in total. The molecular formula is C3H8O5P2S. The van der Waals surface area contributed by atoms with Gasteiger partial charge in [-0.25, -0.2) is 0 Å². The van der Waals surface area contributed by atoms with Crippen LogP contribution in [-0.2, 0) is 4.57 Å². The molecule has 0 aliphatic rings. The second-order valence-corrected chi connectivity index (χ2v) is 5.51. The van der Waals surface area contributed by atoms with E-state index in [9.17, 15) is 9.46 Å². The first-order chi connectivity index (χ1) is 4.93. The van der Waals surface area contributed by atoms with Crippen LogP contribution in [0.5, 0.6) is 0 Å². The third-order valence-electron chi connectivity index (χ3n) is 0.894. The molecule has 0 fully saturated rings. The largest absolute Gasteiger partial charge is 0.628 e. The van der Waals surface area contributed by atoms with E-state index in [0.29, 0.717) is 0 Å². The van der Waals surface area contributed by atoms with Crippen molar-refractivity contribution in [1.29, 1.82) is 0 Å². The molecule has 1 atom stereocenters. The van der Waals surface area contributed by atoms with Crippen molar-refractivity contribution in [2.24, 2.45) is 0 Å². The summed E-state index contributed by atoms with van der Waals surface area (Å²) in [5.41, 5.74) is 0. The Bertz CT molecular complexity index is 208. The van der Waals surface area contributed by atoms with Crippen LogP contribution in [-0.4, -0.2) is 32.0 Å². The number of hydrogen-bond donors (Lipinski definition) is 4. The van der Waals surface area contributed by atoms with Crippen LogP contribution in [0.2, 0.25) is 0 Å². The summed E-state index contributed by atoms with van der Waals surface area (Å²) in [6.45, 7) is 0. The van der Waals surface area contributed by atoms with Gasteiger partial charge in [0.1, 0.15) is 0 Å². The van der Waals surface area contributed by atoms with Crippen molar-refractivity contribution in [3.8, 4) is 0 Å². The molecule has 0 aromatic rings. The Morgan fingerprint density at radius 2 is 2.09 bits per heavy atom. The predicted octanol–water partition coefficient (Wildman–Crippen LogP) is -1.07. The summed E-state index contributed by atoms with van der Waals surface area (Å²) in [5, 5.41) is 7.82. The molecular weight excluding hydrogens is 210 g/mol. The molecule has 0 aromatic heterocycles. The zero-order valence-corrected chi connectivity index (χ0v) is 8.10. The lowest BCUT2D eigenvalue weighted by molar-refractivity contribution is -0.155. The quantitative estimate of drug-likeness (QED) is 0.357. The van der Waals surface area contributed by atoms with Gasteiger partial charge < -0.3 is 19.8 Å². The summed E-state index contributed by atoms with van der Waals surface area (Å²) >= 11 is 3.58. The van der Waals surface area contributed by atoms with Gasteiger partial charge in [0, 0.05) is 0 Å². The van der Waals surface area contributed by atoms with Crippen LogP contribution in [0.4, 0.5) is 0 Å². The standard InChI is InChI=1S/C3H8O5P2S/c4-2-9(5)3(1-11)10(6,7)8/h4,11H,1-2H2,(H2,6,7,8). The topological polar surface area (TPSA) is 101 Å². The number of aliphatic hydroxyl groups excluding tert-OH is 1. The molecule has 1 unspecified atom stereocenters. The minimum atomic E-state index is -4.45. The van der Waals surface area contributed by atoms with E-state index in [2.05, 4.69) is 12.6 Å². The summed E-state index contributed by atoms with van der Waals surface area (Å²) in [7, 11) is -6.80. The number of aliphatic hydroxyl groups is 1. The number of rotatable bonds is 3. The van der Waals surface area contributed by atoms with Gasteiger partial charge in [-0.3, -0.25) is 4.57 Å². The van der Waals surface area contributed by atoms with Crippen molar-refractivity contribution in [2.75, 3.05) is 12.1 Å². The van der Waals surface area contributed by atoms with Gasteiger partial charge in [-0.05, 0) is 0 Å². The van der Waals surface area contributed by atoms with Gasteiger partial charge in [0.05, 0.1) is 13.5 Å². The highest BCUT2D eigenvalue weighted by molar-refractivity contribution is 7.90. The number of thiol groups is 1. The average Bonchev–Trinajstić information content (AvgIpc) is 1.86. The third kappa shape index (κ3) is 3.67. The minimum Gasteiger partial charge on any atom is -0.628 e. The molecule has 0 radical (unpaired) electrons. The molecule has 0 spiro atoms. The molecule has 0 heterocycles. The maximum absolute atomic E-state index is 10.7. The Labute approximate surface area is 70.1 Å². The lowest BCUT2D eigenvalue weighted by Gasteiger charge is -2.04. The molecule has 0 bridgehead atoms. The highest BCUT2D eigenvalue weighted by Gasteiger charge is 2.28. The summed E-state index contributed by atoms with van der Waals surface area (Å²) in [4.78, 5) is 27.7. The van der Waals surface area contributed by atoms with Gasteiger partial charge in [0.25, 0.3) is 0 Å². The van der Waals surface area contributed by atoms with Crippen molar-refractivity contribution in [3.05, 3.63) is 0 Å². The molecule has 8 heteroatoms. The highest BCUT2D eigenvalue weighted by Crippen LogP contribution is 2.42. The molecule has 0 aliphatic carbocycles. The number of hydrogen-bond acceptors (Lipinski definition) is 4. The van der Waals surface area contributed by atoms with Crippen LogP contribution in [0, 0.1) is 0 Å². The second-order valence-electron chi connectivity index (χ2n) is 1.64. The Balaban J connectivity index is 4.82. The second kappa shape index (κ2) is 4.58. The van der Waals surface area contributed by atoms with E-state index in [-0.39, 0.29) is 5.75 Å². The Hall–Kier alpha value is 0.590. The fraction of sp³-hybridized carbons (Fsp3) is 0.667. The maximum Gasteiger partial charge on any atom is 0.394 e. The van der Waals surface area contributed by atoms with Gasteiger partial charge in [-0.2, -0.15) is 12.6 Å². The smallest absolute Gasteiger partial charge is 0.394 e. The van der Waals surface area contributed by atoms with Crippen molar-refractivity contribution in [2.45, 2.75) is 0 Å². The first kappa shape index (κ1) is 11.6. The normalized spacial score (nSPS) is 14.6. The summed E-state index contributed by atoms with van der Waals surface area (Å²) in [5.74, 6) is -0.278. The van der Waals surface area contributed by atoms with Crippen LogP contribution >= 0.6 is 28.0 Å². The molecule has 0 rings (SSSR count). The monoisotopic (exact) mass is 218 g/mol. The van der Waals surface area contributed by atoms with Crippen molar-refractivity contribution in [1.82, 2.24) is 0 Å². The SMILES string of the molecule is O=P(O)(O)C(CS)=[P+]([O-])CO. The van der Waals surface area contributed by atoms with Crippen molar-refractivity contribution >= 4 is 33.0 Å². The van der Waals surface area contributed by atoms with Crippen LogP contribution in [0.15, 0.2) is 0 Å². The molecule has 66 valence electrons. The van der Waals surface area contributed by atoms with E-state index in [0.717, 1.165) is 0 Å².